The Morgan fingerprint density at radius 3 is 2.50 bits per heavy atom. The normalized spacial score (nSPS) is 27.2. The smallest absolute Gasteiger partial charge is 0.00483 e. The van der Waals surface area contributed by atoms with Crippen LogP contribution in [-0.4, -0.2) is 30.6 Å². The first-order valence-electron chi connectivity index (χ1n) is 5.89. The molecule has 2 N–H and O–H groups in total. The molecule has 2 heteroatoms. The zero-order chi connectivity index (χ0) is 10.8. The Morgan fingerprint density at radius 1 is 1.36 bits per heavy atom. The third-order valence-corrected chi connectivity index (χ3v) is 3.42. The van der Waals surface area contributed by atoms with E-state index >= 15 is 0 Å². The first-order valence-corrected chi connectivity index (χ1v) is 5.89. The molecule has 1 heterocycles. The summed E-state index contributed by atoms with van der Waals surface area (Å²) in [6, 6.07) is 0.319. The van der Waals surface area contributed by atoms with Gasteiger partial charge in [0.25, 0.3) is 0 Å². The molecule has 2 nitrogen and oxygen atoms in total. The van der Waals surface area contributed by atoms with Gasteiger partial charge in [-0.2, -0.15) is 0 Å². The van der Waals surface area contributed by atoms with Crippen LogP contribution in [-0.2, 0) is 0 Å². The van der Waals surface area contributed by atoms with Crippen molar-refractivity contribution in [3.05, 3.63) is 0 Å². The second-order valence-electron chi connectivity index (χ2n) is 5.84. The predicted octanol–water partition coefficient (Wildman–Crippen LogP) is 2.09. The predicted molar refractivity (Wildman–Crippen MR) is 62.3 cm³/mol. The molecular formula is C12H26N2. The van der Waals surface area contributed by atoms with Crippen LogP contribution in [0.2, 0.25) is 0 Å². The zero-order valence-corrected chi connectivity index (χ0v) is 10.2. The largest absolute Gasteiger partial charge is 0.328 e. The van der Waals surface area contributed by atoms with Crippen LogP contribution in [0.5, 0.6) is 0 Å². The molecular weight excluding hydrogens is 172 g/mol. The van der Waals surface area contributed by atoms with E-state index in [1.807, 2.05) is 0 Å². The van der Waals surface area contributed by atoms with E-state index in [1.54, 1.807) is 0 Å². The summed E-state index contributed by atoms with van der Waals surface area (Å²) in [7, 11) is 0. The van der Waals surface area contributed by atoms with Crippen molar-refractivity contribution in [2.75, 3.05) is 19.6 Å². The average molecular weight is 198 g/mol. The highest BCUT2D eigenvalue weighted by Gasteiger charge is 2.27. The van der Waals surface area contributed by atoms with E-state index in [0.29, 0.717) is 17.4 Å². The number of hydrogen-bond acceptors (Lipinski definition) is 2. The lowest BCUT2D eigenvalue weighted by molar-refractivity contribution is 0.101. The van der Waals surface area contributed by atoms with Crippen LogP contribution in [0.3, 0.4) is 0 Å². The Labute approximate surface area is 88.8 Å². The van der Waals surface area contributed by atoms with Crippen molar-refractivity contribution >= 4 is 0 Å². The van der Waals surface area contributed by atoms with Crippen molar-refractivity contribution in [2.24, 2.45) is 17.1 Å². The van der Waals surface area contributed by atoms with Gasteiger partial charge in [0.15, 0.2) is 0 Å². The van der Waals surface area contributed by atoms with Crippen molar-refractivity contribution in [1.82, 2.24) is 4.90 Å². The molecule has 1 fully saturated rings. The molecule has 0 radical (unpaired) electrons. The van der Waals surface area contributed by atoms with Gasteiger partial charge in [0.1, 0.15) is 0 Å². The van der Waals surface area contributed by atoms with Crippen LogP contribution < -0.4 is 5.73 Å². The van der Waals surface area contributed by atoms with Crippen LogP contribution in [0.4, 0.5) is 0 Å². The molecule has 84 valence electrons. The topological polar surface area (TPSA) is 29.3 Å². The van der Waals surface area contributed by atoms with E-state index in [-0.39, 0.29) is 0 Å². The summed E-state index contributed by atoms with van der Waals surface area (Å²) in [5, 5.41) is 0. The Balaban J connectivity index is 2.38. The molecule has 1 aliphatic rings. The maximum atomic E-state index is 5.89. The zero-order valence-electron chi connectivity index (χ0n) is 10.2. The SMILES string of the molecule is CC(N)C(C)CN1CCCC(C)(C)C1. The Hall–Kier alpha value is -0.0800. The quantitative estimate of drug-likeness (QED) is 0.752. The average Bonchev–Trinajstić information content (AvgIpc) is 2.01. The molecule has 0 amide bonds. The lowest BCUT2D eigenvalue weighted by Crippen LogP contribution is -2.44. The summed E-state index contributed by atoms with van der Waals surface area (Å²) in [4.78, 5) is 2.58. The minimum atomic E-state index is 0.319. The van der Waals surface area contributed by atoms with Crippen LogP contribution >= 0.6 is 0 Å². The molecule has 0 aromatic heterocycles. The van der Waals surface area contributed by atoms with Gasteiger partial charge in [-0.1, -0.05) is 20.8 Å². The summed E-state index contributed by atoms with van der Waals surface area (Å²) in [6.07, 6.45) is 2.72. The van der Waals surface area contributed by atoms with Crippen LogP contribution in [0, 0.1) is 11.3 Å². The number of nitrogens with zero attached hydrogens (tertiary/aromatic N) is 1. The highest BCUT2D eigenvalue weighted by atomic mass is 15.1. The third-order valence-electron chi connectivity index (χ3n) is 3.42. The van der Waals surface area contributed by atoms with Crippen molar-refractivity contribution in [1.29, 1.82) is 0 Å². The van der Waals surface area contributed by atoms with Gasteiger partial charge in [0.2, 0.25) is 0 Å². The highest BCUT2D eigenvalue weighted by Crippen LogP contribution is 2.28. The number of nitrogens with two attached hydrogens (primary N) is 1. The summed E-state index contributed by atoms with van der Waals surface area (Å²) >= 11 is 0. The fourth-order valence-corrected chi connectivity index (χ4v) is 2.27. The van der Waals surface area contributed by atoms with Crippen molar-refractivity contribution in [3.63, 3.8) is 0 Å². The molecule has 0 aliphatic carbocycles. The lowest BCUT2D eigenvalue weighted by Gasteiger charge is -2.39. The van der Waals surface area contributed by atoms with Gasteiger partial charge in [0, 0.05) is 19.1 Å². The van der Waals surface area contributed by atoms with Gasteiger partial charge in [-0.05, 0) is 37.6 Å². The van der Waals surface area contributed by atoms with Gasteiger partial charge in [0.05, 0.1) is 0 Å². The van der Waals surface area contributed by atoms with Gasteiger partial charge in [-0.15, -0.1) is 0 Å². The van der Waals surface area contributed by atoms with E-state index in [9.17, 15) is 0 Å². The Bertz CT molecular complexity index is 175. The molecule has 1 rings (SSSR count). The first kappa shape index (κ1) is 12.0. The van der Waals surface area contributed by atoms with Gasteiger partial charge >= 0.3 is 0 Å². The second-order valence-corrected chi connectivity index (χ2v) is 5.84. The minimum Gasteiger partial charge on any atom is -0.328 e. The molecule has 0 aromatic rings. The number of piperidine rings is 1. The van der Waals surface area contributed by atoms with Crippen molar-refractivity contribution in [2.45, 2.75) is 46.6 Å². The molecule has 14 heavy (non-hydrogen) atoms. The van der Waals surface area contributed by atoms with E-state index in [0.717, 1.165) is 0 Å². The molecule has 0 bridgehead atoms. The molecule has 2 atom stereocenters. The van der Waals surface area contributed by atoms with Crippen LogP contribution in [0.25, 0.3) is 0 Å². The summed E-state index contributed by atoms with van der Waals surface area (Å²) < 4.78 is 0. The molecule has 2 unspecified atom stereocenters. The fraction of sp³-hybridized carbons (Fsp3) is 1.00. The Kier molecular flexibility index (Phi) is 3.96. The van der Waals surface area contributed by atoms with Gasteiger partial charge in [-0.3, -0.25) is 0 Å². The second kappa shape index (κ2) is 4.63. The van der Waals surface area contributed by atoms with Crippen LogP contribution in [0.1, 0.15) is 40.5 Å². The van der Waals surface area contributed by atoms with E-state index in [1.165, 1.54) is 32.5 Å². The van der Waals surface area contributed by atoms with E-state index in [2.05, 4.69) is 32.6 Å². The van der Waals surface area contributed by atoms with E-state index < -0.39 is 0 Å². The van der Waals surface area contributed by atoms with Crippen molar-refractivity contribution in [3.8, 4) is 0 Å². The first-order chi connectivity index (χ1) is 6.41. The summed E-state index contributed by atoms with van der Waals surface area (Å²) in [5.41, 5.74) is 6.40. The number of rotatable bonds is 3. The maximum absolute atomic E-state index is 5.89. The minimum absolute atomic E-state index is 0.319. The Morgan fingerprint density at radius 2 is 2.00 bits per heavy atom. The molecule has 0 saturated carbocycles. The molecule has 1 aliphatic heterocycles. The third kappa shape index (κ3) is 3.58. The van der Waals surface area contributed by atoms with Gasteiger partial charge in [-0.25, -0.2) is 0 Å². The monoisotopic (exact) mass is 198 g/mol. The summed E-state index contributed by atoms with van der Waals surface area (Å²) in [5.74, 6) is 0.615. The van der Waals surface area contributed by atoms with Gasteiger partial charge < -0.3 is 10.6 Å². The number of hydrogen-bond donors (Lipinski definition) is 1. The fourth-order valence-electron chi connectivity index (χ4n) is 2.27. The van der Waals surface area contributed by atoms with Crippen molar-refractivity contribution < 1.29 is 0 Å². The lowest BCUT2D eigenvalue weighted by atomic mass is 9.83. The molecule has 1 saturated heterocycles. The maximum Gasteiger partial charge on any atom is 0.00483 e. The standard InChI is InChI=1S/C12H26N2/c1-10(11(2)13)8-14-7-5-6-12(3,4)9-14/h10-11H,5-9,13H2,1-4H3. The summed E-state index contributed by atoms with van der Waals surface area (Å²) in [6.45, 7) is 12.8. The highest BCUT2D eigenvalue weighted by molar-refractivity contribution is 4.81. The molecule has 0 aromatic carbocycles. The van der Waals surface area contributed by atoms with E-state index in [4.69, 9.17) is 5.73 Å². The number of likely N-dealkylation sites (tertiary alicyclic amines) is 1. The van der Waals surface area contributed by atoms with Crippen LogP contribution in [0.15, 0.2) is 0 Å². The molecule has 0 spiro atoms.